The number of amides is 3. The van der Waals surface area contributed by atoms with E-state index in [1.807, 2.05) is 0 Å². The number of nitrogens with zero attached hydrogens (tertiary/aromatic N) is 1. The Bertz CT molecular complexity index is 1950. The number of nitrogens with one attached hydrogen (secondary N) is 2. The fourth-order valence-corrected chi connectivity index (χ4v) is 8.56. The van der Waals surface area contributed by atoms with Gasteiger partial charge in [-0.25, -0.2) is 9.69 Å². The van der Waals surface area contributed by atoms with Crippen molar-refractivity contribution in [1.29, 1.82) is 0 Å². The monoisotopic (exact) mass is 761 g/mol. The Labute approximate surface area is 288 Å². The Hall–Kier alpha value is -3.62. The van der Waals surface area contributed by atoms with Crippen LogP contribution >= 0.6 is 62.2 Å². The summed E-state index contributed by atoms with van der Waals surface area (Å²) in [7, 11) is 0. The van der Waals surface area contributed by atoms with Crippen molar-refractivity contribution in [3.05, 3.63) is 101 Å². The topological polar surface area (TPSA) is 135 Å². The minimum absolute atomic E-state index is 0.209. The first-order chi connectivity index (χ1) is 22.0. The molecular formula is C31H22BrCl2N3O7S2. The van der Waals surface area contributed by atoms with Crippen LogP contribution in [0, 0.1) is 5.92 Å². The minimum atomic E-state index is -0.900. The quantitative estimate of drug-likeness (QED) is 0.154. The highest BCUT2D eigenvalue weighted by Crippen LogP contribution is 2.54. The molecule has 15 heteroatoms. The van der Waals surface area contributed by atoms with Crippen LogP contribution in [0.25, 0.3) is 0 Å². The van der Waals surface area contributed by atoms with E-state index in [0.717, 1.165) is 28.0 Å². The van der Waals surface area contributed by atoms with Crippen LogP contribution in [-0.2, 0) is 19.1 Å². The Balaban J connectivity index is 1.32. The SMILES string of the molecule is CCOC(=O)c1ccc(N2C(=O)C3Sc4[nH]c(=O)sc4[C@H](c4cc(Br)ccc4OCC(=O)Nc4ccc(Cl)c(Cl)c4)C3C2=O)cc1. The van der Waals surface area contributed by atoms with E-state index in [4.69, 9.17) is 32.7 Å². The summed E-state index contributed by atoms with van der Waals surface area (Å²) in [5.74, 6) is -3.26. The van der Waals surface area contributed by atoms with Crippen molar-refractivity contribution < 1.29 is 28.7 Å². The van der Waals surface area contributed by atoms with E-state index in [1.54, 1.807) is 37.3 Å². The molecule has 0 bridgehead atoms. The van der Waals surface area contributed by atoms with Gasteiger partial charge in [-0.15, -0.1) is 0 Å². The van der Waals surface area contributed by atoms with E-state index in [-0.39, 0.29) is 28.7 Å². The molecule has 3 amide bonds. The highest BCUT2D eigenvalue weighted by Gasteiger charge is 2.57. The molecule has 3 heterocycles. The van der Waals surface area contributed by atoms with Crippen LogP contribution in [0.2, 0.25) is 10.0 Å². The molecule has 0 aliphatic carbocycles. The van der Waals surface area contributed by atoms with Gasteiger partial charge >= 0.3 is 10.8 Å². The van der Waals surface area contributed by atoms with Crippen molar-refractivity contribution in [2.45, 2.75) is 23.1 Å². The van der Waals surface area contributed by atoms with E-state index in [1.165, 1.54) is 30.3 Å². The van der Waals surface area contributed by atoms with Crippen LogP contribution in [0.15, 0.2) is 75.0 Å². The normalized spacial score (nSPS) is 18.6. The molecule has 46 heavy (non-hydrogen) atoms. The minimum Gasteiger partial charge on any atom is -0.483 e. The number of ether oxygens (including phenoxy) is 2. The maximum Gasteiger partial charge on any atom is 0.338 e. The van der Waals surface area contributed by atoms with E-state index >= 15 is 0 Å². The highest BCUT2D eigenvalue weighted by molar-refractivity contribution is 9.10. The maximum absolute atomic E-state index is 14.2. The predicted octanol–water partition coefficient (Wildman–Crippen LogP) is 6.50. The highest BCUT2D eigenvalue weighted by atomic mass is 79.9. The number of hydrogen-bond acceptors (Lipinski definition) is 9. The van der Waals surface area contributed by atoms with Crippen LogP contribution in [0.3, 0.4) is 0 Å². The van der Waals surface area contributed by atoms with Crippen molar-refractivity contribution in [2.75, 3.05) is 23.4 Å². The molecule has 2 aliphatic heterocycles. The second-order valence-electron chi connectivity index (χ2n) is 10.2. The summed E-state index contributed by atoms with van der Waals surface area (Å²) in [6, 6.07) is 15.9. The molecule has 2 N–H and O–H groups in total. The first kappa shape index (κ1) is 32.3. The zero-order valence-electron chi connectivity index (χ0n) is 23.7. The van der Waals surface area contributed by atoms with Gasteiger partial charge in [0, 0.05) is 26.5 Å². The third-order valence-corrected chi connectivity index (χ3v) is 11.0. The van der Waals surface area contributed by atoms with Gasteiger partial charge in [0.1, 0.15) is 11.0 Å². The molecule has 2 unspecified atom stereocenters. The first-order valence-electron chi connectivity index (χ1n) is 13.8. The number of thioether (sulfide) groups is 1. The maximum atomic E-state index is 14.2. The largest absolute Gasteiger partial charge is 0.483 e. The lowest BCUT2D eigenvalue weighted by Gasteiger charge is -2.31. The molecule has 236 valence electrons. The molecule has 3 atom stereocenters. The average molecular weight is 763 g/mol. The van der Waals surface area contributed by atoms with Crippen LogP contribution in [0.4, 0.5) is 11.4 Å². The Morgan fingerprint density at radius 3 is 2.48 bits per heavy atom. The van der Waals surface area contributed by atoms with E-state index in [9.17, 15) is 24.0 Å². The van der Waals surface area contributed by atoms with Gasteiger partial charge in [-0.2, -0.15) is 0 Å². The standard InChI is InChI=1S/C31H22BrCl2N3O7S2/c1-2-43-30(41)14-3-7-17(8-4-14)37-28(39)24-23(25-27(36-31(42)46-25)45-26(24)29(37)40)18-11-15(32)5-10-21(18)44-13-22(38)35-16-6-9-19(33)20(34)12-16/h3-12,23-24,26H,2,13H2,1H3,(H,35,38)(H,36,42)/t23-,24?,26?/m1/s1. The van der Waals surface area contributed by atoms with Gasteiger partial charge in [-0.3, -0.25) is 19.2 Å². The summed E-state index contributed by atoms with van der Waals surface area (Å²) in [5.41, 5.74) is 1.54. The second kappa shape index (κ2) is 13.2. The van der Waals surface area contributed by atoms with Crippen molar-refractivity contribution in [1.82, 2.24) is 4.98 Å². The van der Waals surface area contributed by atoms with Crippen LogP contribution in [-0.4, -0.2) is 47.1 Å². The number of anilines is 2. The fourth-order valence-electron chi connectivity index (χ4n) is 5.38. The molecule has 1 fully saturated rings. The summed E-state index contributed by atoms with van der Waals surface area (Å²) in [4.78, 5) is 69.7. The van der Waals surface area contributed by atoms with Crippen LogP contribution < -0.4 is 19.8 Å². The van der Waals surface area contributed by atoms with Gasteiger partial charge in [-0.1, -0.05) is 62.2 Å². The molecule has 10 nitrogen and oxygen atoms in total. The Kier molecular flexibility index (Phi) is 9.31. The zero-order valence-corrected chi connectivity index (χ0v) is 28.4. The van der Waals surface area contributed by atoms with Gasteiger partial charge in [0.2, 0.25) is 11.8 Å². The number of halogens is 3. The zero-order chi connectivity index (χ0) is 32.7. The molecular weight excluding hydrogens is 741 g/mol. The molecule has 2 aliphatic rings. The molecule has 0 saturated carbocycles. The number of imide groups is 1. The Morgan fingerprint density at radius 1 is 1.00 bits per heavy atom. The number of carbonyl (C=O) groups is 4. The van der Waals surface area contributed by atoms with Crippen LogP contribution in [0.1, 0.15) is 33.6 Å². The van der Waals surface area contributed by atoms with Crippen molar-refractivity contribution in [2.24, 2.45) is 5.92 Å². The number of fused-ring (bicyclic) bond motifs is 2. The molecule has 0 spiro atoms. The summed E-state index contributed by atoms with van der Waals surface area (Å²) in [6.07, 6.45) is 0. The number of rotatable bonds is 8. The van der Waals surface area contributed by atoms with Crippen molar-refractivity contribution in [3.8, 4) is 5.75 Å². The van der Waals surface area contributed by atoms with Gasteiger partial charge in [-0.05, 0) is 67.6 Å². The van der Waals surface area contributed by atoms with Crippen molar-refractivity contribution >= 4 is 97.3 Å². The van der Waals surface area contributed by atoms with Gasteiger partial charge < -0.3 is 19.8 Å². The van der Waals surface area contributed by atoms with E-state index < -0.39 is 40.8 Å². The summed E-state index contributed by atoms with van der Waals surface area (Å²) in [5, 5.41) is 2.96. The van der Waals surface area contributed by atoms with E-state index in [0.29, 0.717) is 42.1 Å². The number of esters is 1. The van der Waals surface area contributed by atoms with Gasteiger partial charge in [0.25, 0.3) is 5.91 Å². The Morgan fingerprint density at radius 2 is 1.76 bits per heavy atom. The van der Waals surface area contributed by atoms with E-state index in [2.05, 4.69) is 26.2 Å². The number of hydrogen-bond donors (Lipinski definition) is 2. The number of thiazole rings is 1. The third-order valence-electron chi connectivity index (χ3n) is 7.33. The molecule has 1 saturated heterocycles. The molecule has 1 aromatic heterocycles. The lowest BCUT2D eigenvalue weighted by molar-refractivity contribution is -0.122. The summed E-state index contributed by atoms with van der Waals surface area (Å²) in [6.45, 7) is 1.53. The molecule has 6 rings (SSSR count). The number of benzene rings is 3. The smallest absolute Gasteiger partial charge is 0.338 e. The van der Waals surface area contributed by atoms with Gasteiger partial charge in [0.15, 0.2) is 6.61 Å². The molecule has 4 aromatic rings. The van der Waals surface area contributed by atoms with Gasteiger partial charge in [0.05, 0.1) is 38.8 Å². The average Bonchev–Trinajstić information content (AvgIpc) is 3.52. The number of carbonyl (C=O) groups excluding carboxylic acids is 4. The lowest BCUT2D eigenvalue weighted by Crippen LogP contribution is -2.32. The molecule has 3 aromatic carbocycles. The predicted molar refractivity (Wildman–Crippen MR) is 180 cm³/mol. The lowest BCUT2D eigenvalue weighted by atomic mass is 9.82. The fraction of sp³-hybridized carbons (Fsp3) is 0.194. The number of aromatic amines is 1. The third kappa shape index (κ3) is 6.21. The summed E-state index contributed by atoms with van der Waals surface area (Å²) < 4.78 is 11.7. The first-order valence-corrected chi connectivity index (χ1v) is 17.0. The summed E-state index contributed by atoms with van der Waals surface area (Å²) >= 11 is 17.6. The number of aromatic nitrogens is 1. The van der Waals surface area contributed by atoms with Crippen LogP contribution in [0.5, 0.6) is 5.75 Å². The molecule has 0 radical (unpaired) electrons. The van der Waals surface area contributed by atoms with Crippen molar-refractivity contribution in [3.63, 3.8) is 0 Å². The second-order valence-corrected chi connectivity index (χ2v) is 14.1. The number of H-pyrrole nitrogens is 1.